The number of hydrogen-bond acceptors (Lipinski definition) is 3. The second kappa shape index (κ2) is 8.27. The first-order valence-corrected chi connectivity index (χ1v) is 10.6. The van der Waals surface area contributed by atoms with E-state index in [2.05, 4.69) is 4.90 Å². The van der Waals surface area contributed by atoms with Crippen molar-refractivity contribution < 1.29 is 17.2 Å². The van der Waals surface area contributed by atoms with Crippen molar-refractivity contribution in [1.82, 2.24) is 4.90 Å². The van der Waals surface area contributed by atoms with Crippen molar-refractivity contribution in [2.45, 2.75) is 30.3 Å². The molecule has 0 amide bonds. The Kier molecular flexibility index (Phi) is 6.04. The van der Waals surface area contributed by atoms with E-state index in [0.717, 1.165) is 18.5 Å². The predicted octanol–water partition coefficient (Wildman–Crippen LogP) is 3.59. The summed E-state index contributed by atoms with van der Waals surface area (Å²) in [5.74, 6) is -0.942. The molecule has 0 N–H and O–H groups in total. The van der Waals surface area contributed by atoms with Crippen LogP contribution in [0.4, 0.5) is 8.78 Å². The predicted molar refractivity (Wildman–Crippen MR) is 98.6 cm³/mol. The van der Waals surface area contributed by atoms with Gasteiger partial charge in [0.15, 0.2) is 9.84 Å². The third-order valence-electron chi connectivity index (χ3n) is 4.99. The maximum Gasteiger partial charge on any atom is 0.157 e. The monoisotopic (exact) mass is 379 g/mol. The molecule has 0 radical (unpaired) electrons. The second-order valence-electron chi connectivity index (χ2n) is 6.82. The zero-order chi connectivity index (χ0) is 18.6. The molecule has 1 heterocycles. The molecular formula is C20H23F2NO2S. The molecule has 0 aliphatic carbocycles. The van der Waals surface area contributed by atoms with Crippen molar-refractivity contribution in [3.63, 3.8) is 0 Å². The normalized spacial score (nSPS) is 16.7. The Labute approximate surface area is 153 Å². The van der Waals surface area contributed by atoms with Gasteiger partial charge in [-0.05, 0) is 56.1 Å². The zero-order valence-corrected chi connectivity index (χ0v) is 15.4. The van der Waals surface area contributed by atoms with Gasteiger partial charge in [0.25, 0.3) is 0 Å². The van der Waals surface area contributed by atoms with Crippen molar-refractivity contribution in [3.8, 4) is 0 Å². The highest BCUT2D eigenvalue weighted by atomic mass is 32.2. The molecule has 2 aromatic rings. The van der Waals surface area contributed by atoms with Crippen molar-refractivity contribution in [2.24, 2.45) is 0 Å². The summed E-state index contributed by atoms with van der Waals surface area (Å²) in [4.78, 5) is 2.23. The van der Waals surface area contributed by atoms with Crippen LogP contribution in [0.3, 0.4) is 0 Å². The van der Waals surface area contributed by atoms with E-state index in [-0.39, 0.29) is 17.1 Å². The van der Waals surface area contributed by atoms with E-state index in [1.165, 1.54) is 24.3 Å². The fraction of sp³-hybridized carbons (Fsp3) is 0.400. The summed E-state index contributed by atoms with van der Waals surface area (Å²) in [6.45, 7) is 2.25. The molecule has 0 atom stereocenters. The van der Waals surface area contributed by atoms with E-state index < -0.39 is 20.9 Å². The number of piperidine rings is 1. The summed E-state index contributed by atoms with van der Waals surface area (Å²) < 4.78 is 51.9. The Bertz CT molecular complexity index is 829. The highest BCUT2D eigenvalue weighted by Crippen LogP contribution is 2.22. The Morgan fingerprint density at radius 3 is 2.27 bits per heavy atom. The molecule has 0 bridgehead atoms. The van der Waals surface area contributed by atoms with Gasteiger partial charge in [-0.1, -0.05) is 30.3 Å². The molecule has 0 unspecified atom stereocenters. The van der Waals surface area contributed by atoms with Crippen molar-refractivity contribution >= 4 is 9.84 Å². The molecule has 1 aliphatic rings. The number of rotatable bonds is 6. The average Bonchev–Trinajstić information content (AvgIpc) is 2.63. The van der Waals surface area contributed by atoms with Crippen molar-refractivity contribution in [1.29, 1.82) is 0 Å². The lowest BCUT2D eigenvalue weighted by Crippen LogP contribution is -2.40. The van der Waals surface area contributed by atoms with Gasteiger partial charge in [-0.2, -0.15) is 0 Å². The summed E-state index contributed by atoms with van der Waals surface area (Å²) in [5, 5.41) is -0.413. The molecule has 6 heteroatoms. The molecule has 1 saturated heterocycles. The molecule has 1 fully saturated rings. The van der Waals surface area contributed by atoms with Crippen molar-refractivity contribution in [2.75, 3.05) is 19.6 Å². The van der Waals surface area contributed by atoms with Crippen LogP contribution in [-0.2, 0) is 22.0 Å². The minimum atomic E-state index is -3.36. The minimum absolute atomic E-state index is 0.236. The van der Waals surface area contributed by atoms with Crippen LogP contribution < -0.4 is 0 Å². The third kappa shape index (κ3) is 4.89. The van der Waals surface area contributed by atoms with Crippen LogP contribution in [0.1, 0.15) is 24.0 Å². The van der Waals surface area contributed by atoms with E-state index in [4.69, 9.17) is 0 Å². The number of likely N-dealkylation sites (tertiary alicyclic amines) is 1. The average molecular weight is 379 g/mol. The summed E-state index contributed by atoms with van der Waals surface area (Å²) in [5.41, 5.74) is 1.31. The first-order chi connectivity index (χ1) is 12.4. The second-order valence-corrected chi connectivity index (χ2v) is 9.10. The van der Waals surface area contributed by atoms with E-state index in [1.54, 1.807) is 24.3 Å². The maximum atomic E-state index is 13.7. The Hall–Kier alpha value is -1.79. The highest BCUT2D eigenvalue weighted by molar-refractivity contribution is 7.91. The molecule has 3 nitrogen and oxygen atoms in total. The lowest BCUT2D eigenvalue weighted by atomic mass is 10.1. The van der Waals surface area contributed by atoms with E-state index in [0.29, 0.717) is 25.9 Å². The largest absolute Gasteiger partial charge is 0.303 e. The molecule has 0 saturated carbocycles. The fourth-order valence-electron chi connectivity index (χ4n) is 3.38. The molecule has 2 aromatic carbocycles. The Balaban J connectivity index is 1.51. The molecule has 140 valence electrons. The zero-order valence-electron chi connectivity index (χ0n) is 14.6. The minimum Gasteiger partial charge on any atom is -0.303 e. The van der Waals surface area contributed by atoms with Crippen LogP contribution in [0.25, 0.3) is 0 Å². The van der Waals surface area contributed by atoms with Crippen LogP contribution in [-0.4, -0.2) is 38.2 Å². The lowest BCUT2D eigenvalue weighted by molar-refractivity contribution is 0.232. The SMILES string of the molecule is O=S(=O)(Cc1ccccc1F)C1CCN(CCc2ccc(F)cc2)CC1. The fourth-order valence-corrected chi connectivity index (χ4v) is 5.21. The standard InChI is InChI=1S/C20H23F2NO2S/c21-18-7-5-16(6-8-18)9-12-23-13-10-19(11-14-23)26(24,25)15-17-3-1-2-4-20(17)22/h1-8,19H,9-15H2. The van der Waals surface area contributed by atoms with E-state index >= 15 is 0 Å². The summed E-state index contributed by atoms with van der Waals surface area (Å²) in [6, 6.07) is 12.5. The summed E-state index contributed by atoms with van der Waals surface area (Å²) in [7, 11) is -3.36. The first-order valence-electron chi connectivity index (χ1n) is 8.86. The van der Waals surface area contributed by atoms with Crippen LogP contribution >= 0.6 is 0 Å². The topological polar surface area (TPSA) is 37.4 Å². The molecule has 0 aromatic heterocycles. The van der Waals surface area contributed by atoms with Gasteiger partial charge in [0.2, 0.25) is 0 Å². The van der Waals surface area contributed by atoms with Crippen LogP contribution in [0, 0.1) is 11.6 Å². The summed E-state index contributed by atoms with van der Waals surface area (Å²) >= 11 is 0. The number of benzene rings is 2. The van der Waals surface area contributed by atoms with Gasteiger partial charge in [-0.15, -0.1) is 0 Å². The van der Waals surface area contributed by atoms with Gasteiger partial charge in [0.1, 0.15) is 11.6 Å². The Morgan fingerprint density at radius 1 is 0.962 bits per heavy atom. The smallest absolute Gasteiger partial charge is 0.157 e. The molecule has 1 aliphatic heterocycles. The number of halogens is 2. The molecule has 0 spiro atoms. The highest BCUT2D eigenvalue weighted by Gasteiger charge is 2.30. The molecule has 3 rings (SSSR count). The van der Waals surface area contributed by atoms with E-state index in [9.17, 15) is 17.2 Å². The third-order valence-corrected chi connectivity index (χ3v) is 7.19. The van der Waals surface area contributed by atoms with Gasteiger partial charge in [0.05, 0.1) is 11.0 Å². The van der Waals surface area contributed by atoms with Gasteiger partial charge < -0.3 is 4.90 Å². The Morgan fingerprint density at radius 2 is 1.62 bits per heavy atom. The lowest BCUT2D eigenvalue weighted by Gasteiger charge is -2.31. The van der Waals surface area contributed by atoms with Crippen LogP contribution in [0.15, 0.2) is 48.5 Å². The molecule has 26 heavy (non-hydrogen) atoms. The van der Waals surface area contributed by atoms with E-state index in [1.807, 2.05) is 0 Å². The van der Waals surface area contributed by atoms with Gasteiger partial charge >= 0.3 is 0 Å². The number of nitrogens with zero attached hydrogens (tertiary/aromatic N) is 1. The van der Waals surface area contributed by atoms with Gasteiger partial charge in [-0.3, -0.25) is 0 Å². The first kappa shape index (κ1) is 19.0. The summed E-state index contributed by atoms with van der Waals surface area (Å²) in [6.07, 6.45) is 1.95. The van der Waals surface area contributed by atoms with Gasteiger partial charge in [-0.25, -0.2) is 17.2 Å². The van der Waals surface area contributed by atoms with Crippen molar-refractivity contribution in [3.05, 3.63) is 71.3 Å². The van der Waals surface area contributed by atoms with Crippen LogP contribution in [0.5, 0.6) is 0 Å². The number of hydrogen-bond donors (Lipinski definition) is 0. The molecular weight excluding hydrogens is 356 g/mol. The quantitative estimate of drug-likeness (QED) is 0.770. The van der Waals surface area contributed by atoms with Crippen LogP contribution in [0.2, 0.25) is 0 Å². The van der Waals surface area contributed by atoms with Gasteiger partial charge in [0, 0.05) is 12.1 Å². The maximum absolute atomic E-state index is 13.7. The number of sulfone groups is 1.